The second-order valence-corrected chi connectivity index (χ2v) is 12.0. The normalized spacial score (nSPS) is 14.4. The van der Waals surface area contributed by atoms with E-state index in [9.17, 15) is 4.79 Å². The van der Waals surface area contributed by atoms with Gasteiger partial charge in [0.2, 0.25) is 0 Å². The Bertz CT molecular complexity index is 1200. The molecule has 0 saturated heterocycles. The lowest BCUT2D eigenvalue weighted by atomic mass is 9.84. The second kappa shape index (κ2) is 9.18. The minimum atomic E-state index is 0.105. The topological polar surface area (TPSA) is 34.9 Å². The van der Waals surface area contributed by atoms with Gasteiger partial charge in [-0.3, -0.25) is 9.36 Å². The highest BCUT2D eigenvalue weighted by atomic mass is 32.2. The fourth-order valence-corrected chi connectivity index (χ4v) is 7.10. The number of nitrogens with zero attached hydrogens (tertiary/aromatic N) is 2. The van der Waals surface area contributed by atoms with Crippen molar-refractivity contribution >= 4 is 33.3 Å². The zero-order valence-corrected chi connectivity index (χ0v) is 21.6. The van der Waals surface area contributed by atoms with Crippen LogP contribution in [0.15, 0.2) is 34.7 Å². The van der Waals surface area contributed by atoms with Crippen molar-refractivity contribution < 1.29 is 0 Å². The van der Waals surface area contributed by atoms with Crippen molar-refractivity contribution in [2.75, 3.05) is 0 Å². The third-order valence-corrected chi connectivity index (χ3v) is 8.70. The van der Waals surface area contributed by atoms with E-state index in [1.807, 2.05) is 4.57 Å². The first-order valence-electron chi connectivity index (χ1n) is 11.6. The highest BCUT2D eigenvalue weighted by Crippen LogP contribution is 2.35. The summed E-state index contributed by atoms with van der Waals surface area (Å²) in [6.07, 6.45) is 7.52. The minimum Gasteiger partial charge on any atom is -0.283 e. The standard InChI is InChI=1S/C27H34N2OS2/c1-7-13-29-25(30)23-20-11-9-8-10-12-22(20)32-24(23)28-26(29)31-16-21-17(2)14-19(15-18(21)3)27(4,5)6/h7,14-15H,1,8-13,16H2,2-6H3. The maximum absolute atomic E-state index is 13.6. The molecule has 32 heavy (non-hydrogen) atoms. The minimum absolute atomic E-state index is 0.105. The summed E-state index contributed by atoms with van der Waals surface area (Å²) in [4.78, 5) is 20.9. The summed E-state index contributed by atoms with van der Waals surface area (Å²) in [7, 11) is 0. The van der Waals surface area contributed by atoms with Gasteiger partial charge >= 0.3 is 0 Å². The Hall–Kier alpha value is -1.85. The van der Waals surface area contributed by atoms with E-state index >= 15 is 0 Å². The molecule has 0 atom stereocenters. The van der Waals surface area contributed by atoms with Gasteiger partial charge in [0.25, 0.3) is 5.56 Å². The van der Waals surface area contributed by atoms with Gasteiger partial charge in [-0.1, -0.05) is 57.2 Å². The molecule has 0 bridgehead atoms. The smallest absolute Gasteiger partial charge is 0.263 e. The van der Waals surface area contributed by atoms with Crippen LogP contribution in [-0.4, -0.2) is 9.55 Å². The number of aryl methyl sites for hydroxylation is 4. The average Bonchev–Trinajstić information content (AvgIpc) is 2.90. The van der Waals surface area contributed by atoms with Crippen LogP contribution in [0.4, 0.5) is 0 Å². The highest BCUT2D eigenvalue weighted by Gasteiger charge is 2.22. The number of fused-ring (bicyclic) bond motifs is 3. The number of benzene rings is 1. The van der Waals surface area contributed by atoms with E-state index in [4.69, 9.17) is 4.98 Å². The molecule has 170 valence electrons. The van der Waals surface area contributed by atoms with E-state index in [0.717, 1.165) is 34.0 Å². The third-order valence-electron chi connectivity index (χ3n) is 6.51. The summed E-state index contributed by atoms with van der Waals surface area (Å²) >= 11 is 3.41. The summed E-state index contributed by atoms with van der Waals surface area (Å²) < 4.78 is 1.83. The molecule has 5 heteroatoms. The Labute approximate surface area is 200 Å². The van der Waals surface area contributed by atoms with Crippen molar-refractivity contribution in [3.8, 4) is 0 Å². The van der Waals surface area contributed by atoms with Crippen LogP contribution in [0.5, 0.6) is 0 Å². The number of thioether (sulfide) groups is 1. The van der Waals surface area contributed by atoms with Crippen molar-refractivity contribution in [3.05, 3.63) is 67.8 Å². The van der Waals surface area contributed by atoms with E-state index in [2.05, 4.69) is 53.3 Å². The Morgan fingerprint density at radius 1 is 1.16 bits per heavy atom. The van der Waals surface area contributed by atoms with Crippen LogP contribution in [0.3, 0.4) is 0 Å². The number of aromatic nitrogens is 2. The molecule has 0 unspecified atom stereocenters. The summed E-state index contributed by atoms with van der Waals surface area (Å²) in [5.41, 5.74) is 6.82. The molecule has 0 N–H and O–H groups in total. The van der Waals surface area contributed by atoms with Crippen LogP contribution in [-0.2, 0) is 30.6 Å². The highest BCUT2D eigenvalue weighted by molar-refractivity contribution is 7.98. The summed E-state index contributed by atoms with van der Waals surface area (Å²) in [5.74, 6) is 0.808. The maximum atomic E-state index is 13.6. The molecular weight excluding hydrogens is 432 g/mol. The summed E-state index contributed by atoms with van der Waals surface area (Å²) in [6, 6.07) is 4.62. The molecule has 2 heterocycles. The average molecular weight is 467 g/mol. The number of rotatable bonds is 5. The largest absolute Gasteiger partial charge is 0.283 e. The molecule has 0 aliphatic heterocycles. The molecule has 0 saturated carbocycles. The van der Waals surface area contributed by atoms with Gasteiger partial charge in [-0.15, -0.1) is 17.9 Å². The van der Waals surface area contributed by atoms with E-state index < -0.39 is 0 Å². The molecule has 1 aliphatic carbocycles. The quantitative estimate of drug-likeness (QED) is 0.174. The lowest BCUT2D eigenvalue weighted by Crippen LogP contribution is -2.23. The number of hydrogen-bond acceptors (Lipinski definition) is 4. The van der Waals surface area contributed by atoms with Crippen LogP contribution >= 0.6 is 23.1 Å². The predicted molar refractivity (Wildman–Crippen MR) is 140 cm³/mol. The molecule has 0 amide bonds. The third kappa shape index (κ3) is 4.47. The summed E-state index contributed by atoms with van der Waals surface area (Å²) in [6.45, 7) is 15.5. The van der Waals surface area contributed by atoms with Crippen molar-refractivity contribution in [3.63, 3.8) is 0 Å². The van der Waals surface area contributed by atoms with Gasteiger partial charge in [0.05, 0.1) is 5.39 Å². The molecule has 1 aromatic carbocycles. The molecule has 3 nitrogen and oxygen atoms in total. The molecule has 0 radical (unpaired) electrons. The molecule has 4 rings (SSSR count). The van der Waals surface area contributed by atoms with E-state index in [-0.39, 0.29) is 11.0 Å². The molecule has 2 aromatic heterocycles. The SMILES string of the molecule is C=CCn1c(SCc2c(C)cc(C(C)(C)C)cc2C)nc2sc3c(c2c1=O)CCCCC3. The lowest BCUT2D eigenvalue weighted by molar-refractivity contribution is 0.589. The van der Waals surface area contributed by atoms with Gasteiger partial charge in [0.15, 0.2) is 5.16 Å². The Kier molecular flexibility index (Phi) is 6.69. The molecular formula is C27H34N2OS2. The van der Waals surface area contributed by atoms with Crippen LogP contribution in [0.2, 0.25) is 0 Å². The van der Waals surface area contributed by atoms with Crippen LogP contribution in [0, 0.1) is 13.8 Å². The van der Waals surface area contributed by atoms with Crippen LogP contribution in [0.25, 0.3) is 10.2 Å². The van der Waals surface area contributed by atoms with E-state index in [0.29, 0.717) is 6.54 Å². The molecule has 1 aliphatic rings. The van der Waals surface area contributed by atoms with Gasteiger partial charge in [0.1, 0.15) is 4.83 Å². The Morgan fingerprint density at radius 3 is 2.50 bits per heavy atom. The van der Waals surface area contributed by atoms with Crippen molar-refractivity contribution in [1.29, 1.82) is 0 Å². The fraction of sp³-hybridized carbons (Fsp3) is 0.481. The first-order chi connectivity index (χ1) is 15.2. The van der Waals surface area contributed by atoms with Crippen molar-refractivity contribution in [2.45, 2.75) is 89.6 Å². The van der Waals surface area contributed by atoms with Crippen LogP contribution < -0.4 is 5.56 Å². The maximum Gasteiger partial charge on any atom is 0.263 e. The first kappa shape index (κ1) is 23.3. The van der Waals surface area contributed by atoms with Gasteiger partial charge in [-0.2, -0.15) is 0 Å². The van der Waals surface area contributed by atoms with E-state index in [1.54, 1.807) is 29.2 Å². The van der Waals surface area contributed by atoms with Crippen LogP contribution in [0.1, 0.15) is 72.7 Å². The van der Waals surface area contributed by atoms with Crippen molar-refractivity contribution in [2.24, 2.45) is 0 Å². The lowest BCUT2D eigenvalue weighted by Gasteiger charge is -2.22. The Balaban J connectivity index is 1.73. The fourth-order valence-electron chi connectivity index (χ4n) is 4.59. The van der Waals surface area contributed by atoms with Gasteiger partial charge in [-0.25, -0.2) is 4.98 Å². The zero-order chi connectivity index (χ0) is 23.0. The van der Waals surface area contributed by atoms with Gasteiger partial charge < -0.3 is 0 Å². The number of allylic oxidation sites excluding steroid dienone is 1. The number of thiophene rings is 1. The van der Waals surface area contributed by atoms with E-state index in [1.165, 1.54) is 52.0 Å². The second-order valence-electron chi connectivity index (χ2n) is 9.97. The van der Waals surface area contributed by atoms with Gasteiger partial charge in [0, 0.05) is 17.2 Å². The first-order valence-corrected chi connectivity index (χ1v) is 13.4. The Morgan fingerprint density at radius 2 is 1.84 bits per heavy atom. The molecule has 0 spiro atoms. The summed E-state index contributed by atoms with van der Waals surface area (Å²) in [5, 5.41) is 1.66. The van der Waals surface area contributed by atoms with Gasteiger partial charge in [-0.05, 0) is 72.8 Å². The predicted octanol–water partition coefficient (Wildman–Crippen LogP) is 7.12. The molecule has 3 aromatic rings. The zero-order valence-electron chi connectivity index (χ0n) is 20.0. The number of hydrogen-bond donors (Lipinski definition) is 0. The van der Waals surface area contributed by atoms with Crippen molar-refractivity contribution in [1.82, 2.24) is 9.55 Å². The molecule has 0 fully saturated rings. The monoisotopic (exact) mass is 466 g/mol.